The van der Waals surface area contributed by atoms with E-state index in [1.165, 1.54) is 0 Å². The number of rotatable bonds is 6. The number of hydrogen-bond donors (Lipinski definition) is 2. The molecule has 2 unspecified atom stereocenters. The number of aliphatic carboxylic acids is 2. The number of ketones is 1. The van der Waals surface area contributed by atoms with Crippen LogP contribution in [0.4, 0.5) is 0 Å². The normalized spacial score (nSPS) is 27.4. The fourth-order valence-corrected chi connectivity index (χ4v) is 2.22. The summed E-state index contributed by atoms with van der Waals surface area (Å²) in [5.41, 5.74) is -1.80. The van der Waals surface area contributed by atoms with Gasteiger partial charge in [0.2, 0.25) is 0 Å². The van der Waals surface area contributed by atoms with Crippen LogP contribution in [0, 0.1) is 5.92 Å². The number of carboxylic acid groups (broad SMARTS) is 2. The smallest absolute Gasteiger partial charge is 0.336 e. The van der Waals surface area contributed by atoms with Gasteiger partial charge in [-0.2, -0.15) is 0 Å². The highest BCUT2D eigenvalue weighted by molar-refractivity contribution is 5.91. The maximum Gasteiger partial charge on any atom is 0.336 e. The van der Waals surface area contributed by atoms with Crippen LogP contribution in [0.5, 0.6) is 0 Å². The molecule has 100 valence electrons. The average Bonchev–Trinajstić information content (AvgIpc) is 2.35. The van der Waals surface area contributed by atoms with Gasteiger partial charge in [-0.05, 0) is 25.3 Å². The summed E-state index contributed by atoms with van der Waals surface area (Å²) in [6.07, 6.45) is 2.57. The van der Waals surface area contributed by atoms with Gasteiger partial charge in [0.25, 0.3) is 0 Å². The van der Waals surface area contributed by atoms with E-state index in [4.69, 9.17) is 9.84 Å². The quantitative estimate of drug-likeness (QED) is 0.683. The first-order valence-electron chi connectivity index (χ1n) is 5.69. The van der Waals surface area contributed by atoms with E-state index in [2.05, 4.69) is 6.58 Å². The standard InChI is InChI=1S/C12H16O6/c1-2-8(13)7-18-12(11(16)17)6-4-3-5-9(12)10(14)15/h2,9H,1,3-7H2,(H,14,15)(H,16,17). The van der Waals surface area contributed by atoms with Crippen molar-refractivity contribution in [2.24, 2.45) is 5.92 Å². The molecular formula is C12H16O6. The molecule has 0 aromatic rings. The third-order valence-electron chi connectivity index (χ3n) is 3.21. The molecule has 2 atom stereocenters. The van der Waals surface area contributed by atoms with E-state index in [-0.39, 0.29) is 12.8 Å². The molecule has 0 heterocycles. The van der Waals surface area contributed by atoms with Crippen LogP contribution in [0.3, 0.4) is 0 Å². The highest BCUT2D eigenvalue weighted by Crippen LogP contribution is 2.37. The minimum atomic E-state index is -1.80. The first kappa shape index (κ1) is 14.4. The first-order valence-corrected chi connectivity index (χ1v) is 5.69. The molecule has 1 aliphatic carbocycles. The SMILES string of the molecule is C=CC(=O)COC1(C(=O)O)CCCCC1C(=O)O. The van der Waals surface area contributed by atoms with Crippen molar-refractivity contribution in [1.29, 1.82) is 0 Å². The number of carbonyl (C=O) groups is 3. The Bertz CT molecular complexity index is 375. The summed E-state index contributed by atoms with van der Waals surface area (Å²) in [5.74, 6) is -4.12. The highest BCUT2D eigenvalue weighted by atomic mass is 16.5. The Kier molecular flexibility index (Phi) is 4.61. The van der Waals surface area contributed by atoms with Gasteiger partial charge in [-0.1, -0.05) is 13.0 Å². The molecule has 0 saturated heterocycles. The highest BCUT2D eigenvalue weighted by Gasteiger charge is 2.52. The van der Waals surface area contributed by atoms with Crippen molar-refractivity contribution in [3.63, 3.8) is 0 Å². The van der Waals surface area contributed by atoms with Crippen molar-refractivity contribution in [3.8, 4) is 0 Å². The molecule has 6 nitrogen and oxygen atoms in total. The molecule has 1 saturated carbocycles. The van der Waals surface area contributed by atoms with Gasteiger partial charge < -0.3 is 14.9 Å². The lowest BCUT2D eigenvalue weighted by molar-refractivity contribution is -0.189. The summed E-state index contributed by atoms with van der Waals surface area (Å²) in [4.78, 5) is 33.6. The summed E-state index contributed by atoms with van der Waals surface area (Å²) in [5, 5.41) is 18.4. The zero-order valence-corrected chi connectivity index (χ0v) is 9.92. The van der Waals surface area contributed by atoms with Crippen molar-refractivity contribution in [2.45, 2.75) is 31.3 Å². The second-order valence-corrected chi connectivity index (χ2v) is 4.29. The van der Waals surface area contributed by atoms with Gasteiger partial charge in [-0.25, -0.2) is 4.79 Å². The molecule has 0 aliphatic heterocycles. The van der Waals surface area contributed by atoms with Gasteiger partial charge in [0.05, 0.1) is 5.92 Å². The molecule has 0 amide bonds. The molecule has 0 bridgehead atoms. The Morgan fingerprint density at radius 1 is 1.33 bits per heavy atom. The van der Waals surface area contributed by atoms with E-state index in [1.807, 2.05) is 0 Å². The Hall–Kier alpha value is -1.69. The molecule has 0 aromatic carbocycles. The third kappa shape index (κ3) is 2.76. The van der Waals surface area contributed by atoms with E-state index in [0.29, 0.717) is 12.8 Å². The topological polar surface area (TPSA) is 101 Å². The van der Waals surface area contributed by atoms with Crippen LogP contribution in [0.15, 0.2) is 12.7 Å². The monoisotopic (exact) mass is 256 g/mol. The van der Waals surface area contributed by atoms with Gasteiger partial charge in [0.1, 0.15) is 6.61 Å². The van der Waals surface area contributed by atoms with Crippen LogP contribution < -0.4 is 0 Å². The fourth-order valence-electron chi connectivity index (χ4n) is 2.22. The zero-order chi connectivity index (χ0) is 13.8. The predicted molar refractivity (Wildman–Crippen MR) is 61.1 cm³/mol. The largest absolute Gasteiger partial charge is 0.481 e. The van der Waals surface area contributed by atoms with Crippen LogP contribution in [0.1, 0.15) is 25.7 Å². The molecule has 1 rings (SSSR count). The van der Waals surface area contributed by atoms with Gasteiger partial charge in [-0.15, -0.1) is 0 Å². The predicted octanol–water partition coefficient (Wildman–Crippen LogP) is 0.856. The van der Waals surface area contributed by atoms with Crippen LogP contribution >= 0.6 is 0 Å². The molecule has 0 aromatic heterocycles. The van der Waals surface area contributed by atoms with Gasteiger partial charge in [0, 0.05) is 0 Å². The van der Waals surface area contributed by atoms with Crippen molar-refractivity contribution in [1.82, 2.24) is 0 Å². The number of carboxylic acids is 2. The lowest BCUT2D eigenvalue weighted by Crippen LogP contribution is -2.53. The molecule has 0 spiro atoms. The first-order chi connectivity index (χ1) is 8.44. The van der Waals surface area contributed by atoms with E-state index in [0.717, 1.165) is 6.08 Å². The summed E-state index contributed by atoms with van der Waals surface area (Å²) >= 11 is 0. The minimum Gasteiger partial charge on any atom is -0.481 e. The summed E-state index contributed by atoms with van der Waals surface area (Å²) in [6, 6.07) is 0. The lowest BCUT2D eigenvalue weighted by atomic mass is 9.75. The molecule has 2 N–H and O–H groups in total. The fraction of sp³-hybridized carbons (Fsp3) is 0.583. The molecule has 0 radical (unpaired) electrons. The Balaban J connectivity index is 2.95. The van der Waals surface area contributed by atoms with Gasteiger partial charge in [0.15, 0.2) is 11.4 Å². The number of hydrogen-bond acceptors (Lipinski definition) is 4. The Morgan fingerprint density at radius 3 is 2.50 bits per heavy atom. The van der Waals surface area contributed by atoms with Crippen LogP contribution in [0.25, 0.3) is 0 Å². The van der Waals surface area contributed by atoms with Crippen molar-refractivity contribution < 1.29 is 29.3 Å². The second-order valence-electron chi connectivity index (χ2n) is 4.29. The molecule has 6 heteroatoms. The Labute approximate surface area is 104 Å². The van der Waals surface area contributed by atoms with Crippen molar-refractivity contribution >= 4 is 17.7 Å². The van der Waals surface area contributed by atoms with Crippen molar-refractivity contribution in [3.05, 3.63) is 12.7 Å². The maximum atomic E-state index is 11.4. The average molecular weight is 256 g/mol. The summed E-state index contributed by atoms with van der Waals surface area (Å²) in [7, 11) is 0. The van der Waals surface area contributed by atoms with E-state index < -0.39 is 35.8 Å². The molecule has 18 heavy (non-hydrogen) atoms. The lowest BCUT2D eigenvalue weighted by Gasteiger charge is -2.37. The van der Waals surface area contributed by atoms with E-state index >= 15 is 0 Å². The minimum absolute atomic E-state index is 0.101. The van der Waals surface area contributed by atoms with Gasteiger partial charge >= 0.3 is 11.9 Å². The summed E-state index contributed by atoms with van der Waals surface area (Å²) in [6.45, 7) is 2.79. The Morgan fingerprint density at radius 2 is 2.00 bits per heavy atom. The maximum absolute atomic E-state index is 11.4. The van der Waals surface area contributed by atoms with Crippen LogP contribution in [0.2, 0.25) is 0 Å². The van der Waals surface area contributed by atoms with E-state index in [1.54, 1.807) is 0 Å². The van der Waals surface area contributed by atoms with Crippen LogP contribution in [-0.2, 0) is 19.1 Å². The second kappa shape index (κ2) is 5.77. The number of carbonyl (C=O) groups excluding carboxylic acids is 1. The molecule has 1 fully saturated rings. The number of ether oxygens (including phenoxy) is 1. The summed E-state index contributed by atoms with van der Waals surface area (Å²) < 4.78 is 5.16. The molecular weight excluding hydrogens is 240 g/mol. The van der Waals surface area contributed by atoms with Gasteiger partial charge in [-0.3, -0.25) is 9.59 Å². The van der Waals surface area contributed by atoms with Crippen molar-refractivity contribution in [2.75, 3.05) is 6.61 Å². The third-order valence-corrected chi connectivity index (χ3v) is 3.21. The van der Waals surface area contributed by atoms with E-state index in [9.17, 15) is 19.5 Å². The molecule has 1 aliphatic rings. The van der Waals surface area contributed by atoms with Crippen LogP contribution in [-0.4, -0.2) is 40.1 Å². The zero-order valence-electron chi connectivity index (χ0n) is 9.92.